The van der Waals surface area contributed by atoms with Crippen LogP contribution >= 0.6 is 35.0 Å². The number of amides is 2. The Morgan fingerprint density at radius 2 is 1.72 bits per heavy atom. The van der Waals surface area contributed by atoms with Gasteiger partial charge in [-0.25, -0.2) is 0 Å². The van der Waals surface area contributed by atoms with Gasteiger partial charge in [0.25, 0.3) is 11.6 Å². The lowest BCUT2D eigenvalue weighted by Crippen LogP contribution is -2.22. The number of carbonyl (C=O) groups excluding carboxylic acids is 2. The molecular weight excluding hydrogens is 473 g/mol. The number of nitro benzene ring substituents is 1. The summed E-state index contributed by atoms with van der Waals surface area (Å²) in [7, 11) is 0. The molecule has 3 rings (SSSR count). The van der Waals surface area contributed by atoms with Gasteiger partial charge >= 0.3 is 0 Å². The Kier molecular flexibility index (Phi) is 7.74. The predicted molar refractivity (Wildman–Crippen MR) is 128 cm³/mol. The third-order valence-electron chi connectivity index (χ3n) is 4.30. The molecule has 10 heteroatoms. The highest BCUT2D eigenvalue weighted by atomic mass is 35.5. The summed E-state index contributed by atoms with van der Waals surface area (Å²) in [6, 6.07) is 17.2. The number of hydrogen-bond donors (Lipinski definition) is 2. The van der Waals surface area contributed by atoms with Crippen LogP contribution in [0.5, 0.6) is 0 Å². The second-order valence-corrected chi connectivity index (χ2v) is 8.92. The normalized spacial score (nSPS) is 11.5. The van der Waals surface area contributed by atoms with Gasteiger partial charge in [-0.15, -0.1) is 11.8 Å². The molecule has 0 radical (unpaired) electrons. The summed E-state index contributed by atoms with van der Waals surface area (Å²) in [5.74, 6) is -0.677. The lowest BCUT2D eigenvalue weighted by Gasteiger charge is -2.13. The smallest absolute Gasteiger partial charge is 0.270 e. The van der Waals surface area contributed by atoms with E-state index in [1.807, 2.05) is 0 Å². The van der Waals surface area contributed by atoms with Gasteiger partial charge in [0.1, 0.15) is 0 Å². The molecular formula is C22H17Cl2N3O4S. The maximum Gasteiger partial charge on any atom is 0.270 e. The molecule has 164 valence electrons. The topological polar surface area (TPSA) is 101 Å². The highest BCUT2D eigenvalue weighted by molar-refractivity contribution is 8.00. The highest BCUT2D eigenvalue weighted by Gasteiger charge is 2.16. The zero-order valence-electron chi connectivity index (χ0n) is 16.7. The number of nitrogens with one attached hydrogen (secondary N) is 2. The Labute approximate surface area is 198 Å². The number of nitro groups is 1. The molecule has 0 heterocycles. The Hall–Kier alpha value is -3.07. The Morgan fingerprint density at radius 1 is 1.00 bits per heavy atom. The van der Waals surface area contributed by atoms with E-state index in [1.54, 1.807) is 49.4 Å². The minimum atomic E-state index is -0.555. The quantitative estimate of drug-likeness (QED) is 0.231. The van der Waals surface area contributed by atoms with Crippen molar-refractivity contribution in [2.75, 3.05) is 10.6 Å². The van der Waals surface area contributed by atoms with Gasteiger partial charge in [0, 0.05) is 33.3 Å². The molecule has 0 aliphatic heterocycles. The fourth-order valence-corrected chi connectivity index (χ4v) is 3.99. The average Bonchev–Trinajstić information content (AvgIpc) is 2.77. The number of nitrogens with zero attached hydrogens (tertiary/aromatic N) is 1. The first-order valence-electron chi connectivity index (χ1n) is 9.31. The standard InChI is InChI=1S/C22H17Cl2N3O4S/c1-13(21(28)26-20-10-5-15(23)12-19(20)24)32-18-8-6-16(7-9-18)25-22(29)14-3-2-4-17(11-14)27(30)31/h2-13H,1H3,(H,25,29)(H,26,28). The molecule has 0 spiro atoms. The molecule has 0 saturated carbocycles. The van der Waals surface area contributed by atoms with Crippen LogP contribution in [0.25, 0.3) is 0 Å². The van der Waals surface area contributed by atoms with E-state index in [0.29, 0.717) is 21.4 Å². The number of rotatable bonds is 7. The fourth-order valence-electron chi connectivity index (χ4n) is 2.66. The predicted octanol–water partition coefficient (Wildman–Crippen LogP) is 6.27. The molecule has 1 atom stereocenters. The van der Waals surface area contributed by atoms with Crippen LogP contribution < -0.4 is 10.6 Å². The van der Waals surface area contributed by atoms with Crippen molar-refractivity contribution in [1.29, 1.82) is 0 Å². The van der Waals surface area contributed by atoms with Crippen LogP contribution in [-0.2, 0) is 4.79 Å². The van der Waals surface area contributed by atoms with Crippen LogP contribution in [-0.4, -0.2) is 22.0 Å². The third-order valence-corrected chi connectivity index (χ3v) is 5.96. The molecule has 2 amide bonds. The van der Waals surface area contributed by atoms with Crippen LogP contribution in [0.2, 0.25) is 10.0 Å². The number of carbonyl (C=O) groups is 2. The van der Waals surface area contributed by atoms with E-state index in [1.165, 1.54) is 36.0 Å². The SMILES string of the molecule is CC(Sc1ccc(NC(=O)c2cccc([N+](=O)[O-])c2)cc1)C(=O)Nc1ccc(Cl)cc1Cl. The Bertz CT molecular complexity index is 1170. The first kappa shape index (κ1) is 23.6. The number of thioether (sulfide) groups is 1. The second-order valence-electron chi connectivity index (χ2n) is 6.66. The summed E-state index contributed by atoms with van der Waals surface area (Å²) < 4.78 is 0. The zero-order valence-corrected chi connectivity index (χ0v) is 19.0. The fraction of sp³-hybridized carbons (Fsp3) is 0.0909. The van der Waals surface area contributed by atoms with Crippen molar-refractivity contribution < 1.29 is 14.5 Å². The van der Waals surface area contributed by atoms with Gasteiger partial charge in [-0.2, -0.15) is 0 Å². The molecule has 3 aromatic rings. The summed E-state index contributed by atoms with van der Waals surface area (Å²) in [5, 5.41) is 16.8. The summed E-state index contributed by atoms with van der Waals surface area (Å²) >= 11 is 13.3. The monoisotopic (exact) mass is 489 g/mol. The number of anilines is 2. The van der Waals surface area contributed by atoms with E-state index in [4.69, 9.17) is 23.2 Å². The van der Waals surface area contributed by atoms with Crippen molar-refractivity contribution in [2.24, 2.45) is 0 Å². The highest BCUT2D eigenvalue weighted by Crippen LogP contribution is 2.29. The van der Waals surface area contributed by atoms with Gasteiger partial charge < -0.3 is 10.6 Å². The first-order chi connectivity index (χ1) is 15.2. The second kappa shape index (κ2) is 10.5. The largest absolute Gasteiger partial charge is 0.324 e. The molecule has 32 heavy (non-hydrogen) atoms. The summed E-state index contributed by atoms with van der Waals surface area (Å²) in [5.41, 5.74) is 1.03. The van der Waals surface area contributed by atoms with Gasteiger partial charge in [0.15, 0.2) is 0 Å². The van der Waals surface area contributed by atoms with Crippen LogP contribution in [0.15, 0.2) is 71.6 Å². The van der Waals surface area contributed by atoms with Gasteiger partial charge in [-0.05, 0) is 55.5 Å². The summed E-state index contributed by atoms with van der Waals surface area (Å²) in [6.45, 7) is 1.77. The van der Waals surface area contributed by atoms with Gasteiger partial charge in [0.05, 0.1) is 20.9 Å². The molecule has 0 fully saturated rings. The van der Waals surface area contributed by atoms with Crippen LogP contribution in [0.1, 0.15) is 17.3 Å². The maximum absolute atomic E-state index is 12.5. The molecule has 7 nitrogen and oxygen atoms in total. The average molecular weight is 490 g/mol. The molecule has 0 saturated heterocycles. The molecule has 1 unspecified atom stereocenters. The number of non-ortho nitro benzene ring substituents is 1. The molecule has 0 aliphatic rings. The van der Waals surface area contributed by atoms with Crippen molar-refractivity contribution in [2.45, 2.75) is 17.1 Å². The van der Waals surface area contributed by atoms with E-state index in [2.05, 4.69) is 10.6 Å². The van der Waals surface area contributed by atoms with Gasteiger partial charge in [-0.1, -0.05) is 29.3 Å². The number of halogens is 2. The molecule has 3 aromatic carbocycles. The van der Waals surface area contributed by atoms with E-state index >= 15 is 0 Å². The van der Waals surface area contributed by atoms with Crippen molar-refractivity contribution in [3.8, 4) is 0 Å². The number of hydrogen-bond acceptors (Lipinski definition) is 5. The molecule has 0 aliphatic carbocycles. The van der Waals surface area contributed by atoms with Crippen LogP contribution in [0.3, 0.4) is 0 Å². The Morgan fingerprint density at radius 3 is 2.38 bits per heavy atom. The number of benzene rings is 3. The van der Waals surface area contributed by atoms with Crippen molar-refractivity contribution in [1.82, 2.24) is 0 Å². The first-order valence-corrected chi connectivity index (χ1v) is 10.9. The van der Waals surface area contributed by atoms with Gasteiger partial charge in [0.2, 0.25) is 5.91 Å². The van der Waals surface area contributed by atoms with Crippen molar-refractivity contribution in [3.63, 3.8) is 0 Å². The third kappa shape index (κ3) is 6.23. The summed E-state index contributed by atoms with van der Waals surface area (Å²) in [6.07, 6.45) is 0. The van der Waals surface area contributed by atoms with E-state index < -0.39 is 16.1 Å². The van der Waals surface area contributed by atoms with Crippen LogP contribution in [0, 0.1) is 10.1 Å². The van der Waals surface area contributed by atoms with Gasteiger partial charge in [-0.3, -0.25) is 19.7 Å². The summed E-state index contributed by atoms with van der Waals surface area (Å²) in [4.78, 5) is 36.0. The van der Waals surface area contributed by atoms with Crippen molar-refractivity contribution in [3.05, 3.63) is 92.5 Å². The molecule has 0 aromatic heterocycles. The van der Waals surface area contributed by atoms with E-state index in [0.717, 1.165) is 4.90 Å². The van der Waals surface area contributed by atoms with Crippen molar-refractivity contribution >= 4 is 63.8 Å². The molecule has 2 N–H and O–H groups in total. The lowest BCUT2D eigenvalue weighted by atomic mass is 10.2. The van der Waals surface area contributed by atoms with E-state index in [9.17, 15) is 19.7 Å². The van der Waals surface area contributed by atoms with Crippen LogP contribution in [0.4, 0.5) is 17.1 Å². The minimum Gasteiger partial charge on any atom is -0.324 e. The zero-order chi connectivity index (χ0) is 23.3. The molecule has 0 bridgehead atoms. The Balaban J connectivity index is 1.59. The lowest BCUT2D eigenvalue weighted by molar-refractivity contribution is -0.384. The minimum absolute atomic E-state index is 0.156. The van der Waals surface area contributed by atoms with E-state index in [-0.39, 0.29) is 17.2 Å². The maximum atomic E-state index is 12.5.